The van der Waals surface area contributed by atoms with E-state index in [1.54, 1.807) is 24.1 Å². The number of nitrogens with zero attached hydrogens (tertiary/aromatic N) is 2. The number of hydrogen-bond acceptors (Lipinski definition) is 6. The molecule has 8 heteroatoms. The Bertz CT molecular complexity index is 614. The number of rotatable bonds is 6. The number of aliphatic hydroxyl groups is 1. The number of piperidine rings is 1. The fraction of sp³-hybridized carbons (Fsp3) is 0.684. The maximum Gasteiger partial charge on any atom is 0.387 e. The van der Waals surface area contributed by atoms with Crippen molar-refractivity contribution in [1.29, 1.82) is 0 Å². The summed E-state index contributed by atoms with van der Waals surface area (Å²) in [5.41, 5.74) is -0.630. The quantitative estimate of drug-likeness (QED) is 0.741. The largest absolute Gasteiger partial charge is 0.435 e. The standard InChI is InChI=1S/C19H26F2N2O3S/c20-18(21)26-16-3-5-17(6-4-16)27-23-14-1-2-15(23)12-19(24,11-14)13-22-7-9-25-10-8-22/h3-6,14-15,18,24H,1-2,7-13H2/t14-,15+,19-. The normalized spacial score (nSPS) is 32.1. The minimum atomic E-state index is -2.80. The third kappa shape index (κ3) is 4.74. The molecule has 27 heavy (non-hydrogen) atoms. The van der Waals surface area contributed by atoms with Crippen LogP contribution < -0.4 is 4.74 Å². The van der Waals surface area contributed by atoms with Crippen molar-refractivity contribution < 1.29 is 23.4 Å². The lowest BCUT2D eigenvalue weighted by Gasteiger charge is -2.45. The molecule has 3 aliphatic heterocycles. The molecule has 1 N–H and O–H groups in total. The molecule has 0 aliphatic carbocycles. The average molecular weight is 400 g/mol. The number of alkyl halides is 2. The van der Waals surface area contributed by atoms with Crippen molar-refractivity contribution in [2.75, 3.05) is 32.8 Å². The number of benzene rings is 1. The van der Waals surface area contributed by atoms with Gasteiger partial charge in [-0.3, -0.25) is 4.90 Å². The van der Waals surface area contributed by atoms with Gasteiger partial charge in [0, 0.05) is 36.6 Å². The van der Waals surface area contributed by atoms with E-state index in [-0.39, 0.29) is 5.75 Å². The van der Waals surface area contributed by atoms with Gasteiger partial charge in [-0.15, -0.1) is 0 Å². The topological polar surface area (TPSA) is 45.2 Å². The van der Waals surface area contributed by atoms with Crippen LogP contribution in [0.2, 0.25) is 0 Å². The third-order valence-corrected chi connectivity index (χ3v) is 6.96. The first kappa shape index (κ1) is 19.4. The molecule has 0 aromatic heterocycles. The molecule has 3 aliphatic rings. The number of fused-ring (bicyclic) bond motifs is 2. The second-order valence-electron chi connectivity index (χ2n) is 7.71. The number of halogens is 2. The maximum atomic E-state index is 12.3. The minimum absolute atomic E-state index is 0.177. The second kappa shape index (κ2) is 8.21. The first-order chi connectivity index (χ1) is 13.0. The molecule has 3 heterocycles. The van der Waals surface area contributed by atoms with Crippen LogP contribution in [0.3, 0.4) is 0 Å². The van der Waals surface area contributed by atoms with Crippen LogP contribution in [-0.2, 0) is 4.74 Å². The summed E-state index contributed by atoms with van der Waals surface area (Å²) in [4.78, 5) is 3.32. The van der Waals surface area contributed by atoms with Crippen molar-refractivity contribution in [3.8, 4) is 5.75 Å². The van der Waals surface area contributed by atoms with Crippen LogP contribution in [0.4, 0.5) is 8.78 Å². The number of morpholine rings is 1. The lowest BCUT2D eigenvalue weighted by molar-refractivity contribution is -0.0682. The van der Waals surface area contributed by atoms with Gasteiger partial charge in [0.1, 0.15) is 5.75 Å². The van der Waals surface area contributed by atoms with Gasteiger partial charge < -0.3 is 14.6 Å². The smallest absolute Gasteiger partial charge is 0.387 e. The zero-order valence-corrected chi connectivity index (χ0v) is 16.0. The van der Waals surface area contributed by atoms with Crippen molar-refractivity contribution in [3.63, 3.8) is 0 Å². The number of ether oxygens (including phenoxy) is 2. The summed E-state index contributed by atoms with van der Waals surface area (Å²) in [5.74, 6) is 0.177. The highest BCUT2D eigenvalue weighted by atomic mass is 32.2. The van der Waals surface area contributed by atoms with Crippen LogP contribution in [0.1, 0.15) is 25.7 Å². The Morgan fingerprint density at radius 1 is 1.15 bits per heavy atom. The van der Waals surface area contributed by atoms with Gasteiger partial charge in [0.25, 0.3) is 0 Å². The fourth-order valence-electron chi connectivity index (χ4n) is 4.54. The van der Waals surface area contributed by atoms with Crippen molar-refractivity contribution >= 4 is 11.9 Å². The van der Waals surface area contributed by atoms with Crippen molar-refractivity contribution in [1.82, 2.24) is 9.21 Å². The Hall–Kier alpha value is -0.930. The van der Waals surface area contributed by atoms with E-state index in [1.807, 2.05) is 12.1 Å². The van der Waals surface area contributed by atoms with E-state index in [0.29, 0.717) is 12.1 Å². The lowest BCUT2D eigenvalue weighted by atomic mass is 9.87. The lowest BCUT2D eigenvalue weighted by Crippen LogP contribution is -2.55. The molecule has 3 saturated heterocycles. The molecule has 0 saturated carbocycles. The highest BCUT2D eigenvalue weighted by molar-refractivity contribution is 7.97. The van der Waals surface area contributed by atoms with E-state index in [2.05, 4.69) is 13.9 Å². The van der Waals surface area contributed by atoms with E-state index in [4.69, 9.17) is 4.74 Å². The molecule has 3 fully saturated rings. The fourth-order valence-corrected chi connectivity index (χ4v) is 5.70. The van der Waals surface area contributed by atoms with Crippen molar-refractivity contribution in [2.24, 2.45) is 0 Å². The van der Waals surface area contributed by atoms with Gasteiger partial charge in [-0.25, -0.2) is 4.31 Å². The summed E-state index contributed by atoms with van der Waals surface area (Å²) in [5, 5.41) is 11.2. The van der Waals surface area contributed by atoms with Gasteiger partial charge in [0.15, 0.2) is 0 Å². The summed E-state index contributed by atoms with van der Waals surface area (Å²) in [6.07, 6.45) is 3.74. The van der Waals surface area contributed by atoms with Gasteiger partial charge >= 0.3 is 6.61 Å². The average Bonchev–Trinajstić information content (AvgIpc) is 2.87. The Morgan fingerprint density at radius 2 is 1.78 bits per heavy atom. The Labute approximate surface area is 162 Å². The van der Waals surface area contributed by atoms with E-state index in [0.717, 1.165) is 63.4 Å². The molecule has 0 amide bonds. The van der Waals surface area contributed by atoms with Crippen molar-refractivity contribution in [2.45, 2.75) is 54.9 Å². The van der Waals surface area contributed by atoms with Crippen molar-refractivity contribution in [3.05, 3.63) is 24.3 Å². The Morgan fingerprint density at radius 3 is 2.37 bits per heavy atom. The summed E-state index contributed by atoms with van der Waals surface area (Å²) < 4.78 is 36.8. The predicted octanol–water partition coefficient (Wildman–Crippen LogP) is 2.99. The molecule has 5 nitrogen and oxygen atoms in total. The highest BCUT2D eigenvalue weighted by Crippen LogP contribution is 2.46. The first-order valence-corrected chi connectivity index (χ1v) is 10.3. The van der Waals surface area contributed by atoms with E-state index in [9.17, 15) is 13.9 Å². The van der Waals surface area contributed by atoms with Crippen LogP contribution in [0, 0.1) is 0 Å². The van der Waals surface area contributed by atoms with Gasteiger partial charge in [-0.1, -0.05) is 0 Å². The molecule has 4 rings (SSSR count). The molecule has 2 bridgehead atoms. The Balaban J connectivity index is 1.36. The van der Waals surface area contributed by atoms with Gasteiger partial charge in [-0.05, 0) is 61.9 Å². The van der Waals surface area contributed by atoms with Crippen LogP contribution >= 0.6 is 11.9 Å². The predicted molar refractivity (Wildman–Crippen MR) is 99.0 cm³/mol. The van der Waals surface area contributed by atoms with E-state index in [1.165, 1.54) is 0 Å². The molecule has 0 unspecified atom stereocenters. The summed E-state index contributed by atoms with van der Waals surface area (Å²) >= 11 is 1.66. The van der Waals surface area contributed by atoms with Gasteiger partial charge in [0.05, 0.1) is 18.8 Å². The Kier molecular flexibility index (Phi) is 5.89. The maximum absolute atomic E-state index is 12.3. The molecular weight excluding hydrogens is 374 g/mol. The molecular formula is C19H26F2N2O3S. The van der Waals surface area contributed by atoms with Crippen LogP contribution in [-0.4, -0.2) is 71.5 Å². The molecule has 150 valence electrons. The highest BCUT2D eigenvalue weighted by Gasteiger charge is 2.48. The second-order valence-corrected chi connectivity index (χ2v) is 8.78. The summed E-state index contributed by atoms with van der Waals surface area (Å²) in [6, 6.07) is 7.48. The summed E-state index contributed by atoms with van der Waals surface area (Å²) in [6.45, 7) is 1.20. The molecule has 1 aromatic rings. The van der Waals surface area contributed by atoms with Crippen LogP contribution in [0.25, 0.3) is 0 Å². The van der Waals surface area contributed by atoms with E-state index >= 15 is 0 Å². The molecule has 0 radical (unpaired) electrons. The SMILES string of the molecule is O[C@]1(CN2CCOCC2)C[C@H]2CC[C@@H](C1)N2Sc1ccc(OC(F)F)cc1. The monoisotopic (exact) mass is 400 g/mol. The third-order valence-electron chi connectivity index (χ3n) is 5.67. The zero-order chi connectivity index (χ0) is 18.9. The molecule has 1 aromatic carbocycles. The first-order valence-electron chi connectivity index (χ1n) is 9.54. The molecule has 3 atom stereocenters. The van der Waals surface area contributed by atoms with Gasteiger partial charge in [-0.2, -0.15) is 8.78 Å². The van der Waals surface area contributed by atoms with Crippen LogP contribution in [0.15, 0.2) is 29.2 Å². The minimum Gasteiger partial charge on any atom is -0.435 e. The number of hydrogen-bond donors (Lipinski definition) is 1. The van der Waals surface area contributed by atoms with E-state index < -0.39 is 12.2 Å². The zero-order valence-electron chi connectivity index (χ0n) is 15.2. The van der Waals surface area contributed by atoms with Crippen LogP contribution in [0.5, 0.6) is 5.75 Å². The number of β-amino-alcohol motifs (C(OH)–C–C–N with tert-alkyl or cyclic N) is 1. The molecule has 0 spiro atoms. The van der Waals surface area contributed by atoms with Gasteiger partial charge in [0.2, 0.25) is 0 Å². The summed E-state index contributed by atoms with van der Waals surface area (Å²) in [7, 11) is 0.